The van der Waals surface area contributed by atoms with E-state index in [2.05, 4.69) is 21.2 Å². The molecule has 34 heavy (non-hydrogen) atoms. The minimum atomic E-state index is -2.44. The summed E-state index contributed by atoms with van der Waals surface area (Å²) in [6.07, 6.45) is 1.95. The van der Waals surface area contributed by atoms with Crippen LogP contribution in [-0.4, -0.2) is 32.3 Å². The number of aromatic nitrogens is 1. The molecule has 0 bridgehead atoms. The Morgan fingerprint density at radius 1 is 1.18 bits per heavy atom. The summed E-state index contributed by atoms with van der Waals surface area (Å²) in [5, 5.41) is 3.91. The van der Waals surface area contributed by atoms with Gasteiger partial charge < -0.3 is 14.6 Å². The number of nitrogens with one attached hydrogen (secondary N) is 1. The van der Waals surface area contributed by atoms with Crippen LogP contribution < -0.4 is 9.62 Å². The van der Waals surface area contributed by atoms with Crippen molar-refractivity contribution in [1.82, 2.24) is 4.57 Å². The molecule has 0 saturated carbocycles. The number of anilines is 3. The van der Waals surface area contributed by atoms with Crippen molar-refractivity contribution in [3.05, 3.63) is 74.5 Å². The topological polar surface area (TPSA) is 101 Å². The normalized spacial score (nSPS) is 11.9. The largest absolute Gasteiger partial charge is 0.465 e. The fraction of sp³-hybridized carbons (Fsp3) is 0.130. The van der Waals surface area contributed by atoms with Crippen LogP contribution in [0.5, 0.6) is 0 Å². The fourth-order valence-corrected chi connectivity index (χ4v) is 6.35. The third-order valence-electron chi connectivity index (χ3n) is 5.31. The van der Waals surface area contributed by atoms with Gasteiger partial charge in [-0.2, -0.15) is 0 Å². The van der Waals surface area contributed by atoms with E-state index in [0.717, 1.165) is 10.9 Å². The number of hydrogen-bond acceptors (Lipinski definition) is 5. The molecule has 176 valence electrons. The summed E-state index contributed by atoms with van der Waals surface area (Å²) in [6, 6.07) is 13.7. The molecule has 0 fully saturated rings. The number of ether oxygens (including phenoxy) is 1. The molecule has 4 rings (SSSR count). The van der Waals surface area contributed by atoms with E-state index in [1.807, 2.05) is 42.1 Å². The molecule has 0 saturated heterocycles. The first kappa shape index (κ1) is 24.1. The van der Waals surface area contributed by atoms with Gasteiger partial charge in [0.2, 0.25) is 0 Å². The van der Waals surface area contributed by atoms with Gasteiger partial charge in [-0.25, -0.2) is 13.3 Å². The van der Waals surface area contributed by atoms with Gasteiger partial charge in [0.05, 0.1) is 32.7 Å². The molecule has 0 radical (unpaired) electrons. The highest BCUT2D eigenvalue weighted by atomic mass is 79.9. The van der Waals surface area contributed by atoms with Crippen LogP contribution in [0.15, 0.2) is 58.5 Å². The highest BCUT2D eigenvalue weighted by Gasteiger charge is 2.27. The summed E-state index contributed by atoms with van der Waals surface area (Å²) in [5.41, 5.74) is 3.31. The van der Waals surface area contributed by atoms with E-state index < -0.39 is 17.2 Å². The second-order valence-corrected chi connectivity index (χ2v) is 10.6. The quantitative estimate of drug-likeness (QED) is 0.235. The zero-order valence-corrected chi connectivity index (χ0v) is 21.6. The molecule has 1 amide bonds. The molecule has 0 aliphatic rings. The Hall–Kier alpha value is -2.99. The van der Waals surface area contributed by atoms with Crippen LogP contribution in [0.3, 0.4) is 0 Å². The Labute approximate surface area is 210 Å². The van der Waals surface area contributed by atoms with Crippen LogP contribution in [0.2, 0.25) is 0 Å². The minimum Gasteiger partial charge on any atom is -0.465 e. The number of thiophene rings is 1. The minimum absolute atomic E-state index is 0.312. The molecule has 2 N–H and O–H groups in total. The van der Waals surface area contributed by atoms with E-state index >= 15 is 0 Å². The molecule has 0 aliphatic carbocycles. The third-order valence-corrected chi connectivity index (χ3v) is 7.94. The van der Waals surface area contributed by atoms with Gasteiger partial charge in [-0.3, -0.25) is 9.35 Å². The lowest BCUT2D eigenvalue weighted by atomic mass is 10.2. The highest BCUT2D eigenvalue weighted by Crippen LogP contribution is 2.43. The molecule has 2 heterocycles. The van der Waals surface area contributed by atoms with E-state index in [0.29, 0.717) is 36.9 Å². The Balaban J connectivity index is 1.65. The van der Waals surface area contributed by atoms with Crippen molar-refractivity contribution in [2.24, 2.45) is 7.05 Å². The molecule has 11 heteroatoms. The van der Waals surface area contributed by atoms with Crippen molar-refractivity contribution in [2.75, 3.05) is 16.7 Å². The molecule has 2 aromatic carbocycles. The standard InChI is InChI=1S/C23H20BrN3O5S2/c1-13-19(27(34(30)31)17-7-4-14(5-8-17)23(29)32-3)21(24)33-20(13)22(28)25-16-6-9-18-15(12-16)10-11-26(18)2/h4-12H,1-3H3,(H,25,28)(H,30,31). The van der Waals surface area contributed by atoms with Gasteiger partial charge in [0.15, 0.2) is 0 Å². The lowest BCUT2D eigenvalue weighted by molar-refractivity contribution is 0.0600. The van der Waals surface area contributed by atoms with E-state index in [1.54, 1.807) is 19.1 Å². The number of benzene rings is 2. The second kappa shape index (κ2) is 9.71. The predicted molar refractivity (Wildman–Crippen MR) is 138 cm³/mol. The fourth-order valence-electron chi connectivity index (χ4n) is 3.61. The summed E-state index contributed by atoms with van der Waals surface area (Å²) in [4.78, 5) is 25.2. The number of esters is 1. The van der Waals surface area contributed by atoms with Crippen LogP contribution in [0.25, 0.3) is 10.9 Å². The summed E-state index contributed by atoms with van der Waals surface area (Å²) < 4.78 is 30.8. The zero-order valence-electron chi connectivity index (χ0n) is 18.4. The van der Waals surface area contributed by atoms with E-state index in [4.69, 9.17) is 4.74 Å². The number of methoxy groups -OCH3 is 1. The smallest absolute Gasteiger partial charge is 0.337 e. The first-order chi connectivity index (χ1) is 16.2. The Bertz CT molecular complexity index is 1430. The van der Waals surface area contributed by atoms with Gasteiger partial charge in [0, 0.05) is 29.8 Å². The van der Waals surface area contributed by atoms with Gasteiger partial charge in [0.1, 0.15) is 0 Å². The number of halogens is 1. The number of rotatable bonds is 6. The first-order valence-corrected chi connectivity index (χ1v) is 12.6. The van der Waals surface area contributed by atoms with Crippen LogP contribution in [0.4, 0.5) is 17.1 Å². The summed E-state index contributed by atoms with van der Waals surface area (Å²) in [6.45, 7) is 1.72. The van der Waals surface area contributed by atoms with Crippen LogP contribution in [0, 0.1) is 6.92 Å². The summed E-state index contributed by atoms with van der Waals surface area (Å²) in [7, 11) is 3.23. The van der Waals surface area contributed by atoms with E-state index in [9.17, 15) is 18.4 Å². The number of hydrogen-bond donors (Lipinski definition) is 2. The Morgan fingerprint density at radius 2 is 1.88 bits per heavy atom. The Morgan fingerprint density at radius 3 is 2.53 bits per heavy atom. The second-order valence-electron chi connectivity index (χ2n) is 7.40. The number of aryl methyl sites for hydroxylation is 1. The predicted octanol–water partition coefficient (Wildman–Crippen LogP) is 5.62. The zero-order chi connectivity index (χ0) is 24.6. The van der Waals surface area contributed by atoms with Gasteiger partial charge in [0.25, 0.3) is 17.2 Å². The molecule has 1 atom stereocenters. The average Bonchev–Trinajstić information content (AvgIpc) is 3.33. The van der Waals surface area contributed by atoms with Gasteiger partial charge in [-0.1, -0.05) is 0 Å². The maximum absolute atomic E-state index is 13.1. The Kier molecular flexibility index (Phi) is 6.89. The number of nitrogens with zero attached hydrogens (tertiary/aromatic N) is 2. The number of carbonyl (C=O) groups excluding carboxylic acids is 2. The van der Waals surface area contributed by atoms with Crippen molar-refractivity contribution in [2.45, 2.75) is 6.92 Å². The average molecular weight is 562 g/mol. The summed E-state index contributed by atoms with van der Waals surface area (Å²) >= 11 is 2.18. The van der Waals surface area contributed by atoms with Crippen molar-refractivity contribution in [1.29, 1.82) is 0 Å². The van der Waals surface area contributed by atoms with Crippen LogP contribution in [-0.2, 0) is 23.1 Å². The lowest BCUT2D eigenvalue weighted by Gasteiger charge is -2.21. The monoisotopic (exact) mass is 561 g/mol. The molecule has 1 unspecified atom stereocenters. The molecule has 2 aromatic heterocycles. The highest BCUT2D eigenvalue weighted by molar-refractivity contribution is 9.11. The van der Waals surface area contributed by atoms with E-state index in [1.165, 1.54) is 34.9 Å². The van der Waals surface area contributed by atoms with Gasteiger partial charge >= 0.3 is 5.97 Å². The van der Waals surface area contributed by atoms with Crippen molar-refractivity contribution in [3.8, 4) is 0 Å². The summed E-state index contributed by atoms with van der Waals surface area (Å²) in [5.74, 6) is -0.835. The maximum Gasteiger partial charge on any atom is 0.337 e. The lowest BCUT2D eigenvalue weighted by Crippen LogP contribution is -2.20. The molecule has 0 aliphatic heterocycles. The SMILES string of the molecule is COC(=O)c1ccc(N(c2c(Br)sc(C(=O)Nc3ccc4c(ccn4C)c3)c2C)S(=O)O)cc1. The third kappa shape index (κ3) is 4.51. The molecular formula is C23H20BrN3O5S2. The van der Waals surface area contributed by atoms with Crippen molar-refractivity contribution >= 4 is 78.4 Å². The van der Waals surface area contributed by atoms with E-state index in [-0.39, 0.29) is 5.91 Å². The van der Waals surface area contributed by atoms with Crippen LogP contribution >= 0.6 is 27.3 Å². The molecule has 0 spiro atoms. The molecule has 4 aromatic rings. The number of carbonyl (C=O) groups is 2. The molecular weight excluding hydrogens is 542 g/mol. The first-order valence-electron chi connectivity index (χ1n) is 9.96. The number of fused-ring (bicyclic) bond motifs is 1. The maximum atomic E-state index is 13.1. The van der Waals surface area contributed by atoms with Gasteiger partial charge in [-0.05, 0) is 76.9 Å². The molecule has 8 nitrogen and oxygen atoms in total. The van der Waals surface area contributed by atoms with Gasteiger partial charge in [-0.15, -0.1) is 11.3 Å². The van der Waals surface area contributed by atoms with Crippen molar-refractivity contribution < 1.29 is 23.1 Å². The van der Waals surface area contributed by atoms with Crippen molar-refractivity contribution in [3.63, 3.8) is 0 Å². The van der Waals surface area contributed by atoms with Crippen LogP contribution in [0.1, 0.15) is 25.6 Å². The number of amides is 1.